The zero-order valence-corrected chi connectivity index (χ0v) is 15.7. The van der Waals surface area contributed by atoms with Gasteiger partial charge < -0.3 is 5.32 Å². The standard InChI is InChI=1S/C19H24N2O3S/c1-14-9-8-12-18(13-14)21(25(4,23)24)16(3)19(22)20-15(2)17-10-6-5-7-11-17/h5-13,15-16H,1-4H3,(H,20,22). The third-order valence-electron chi connectivity index (χ3n) is 4.00. The fourth-order valence-electron chi connectivity index (χ4n) is 2.73. The van der Waals surface area contributed by atoms with E-state index in [0.717, 1.165) is 21.7 Å². The summed E-state index contributed by atoms with van der Waals surface area (Å²) < 4.78 is 25.7. The van der Waals surface area contributed by atoms with Gasteiger partial charge in [0.25, 0.3) is 0 Å². The first kappa shape index (κ1) is 19.0. The second kappa shape index (κ2) is 7.70. The Balaban J connectivity index is 2.24. The number of anilines is 1. The monoisotopic (exact) mass is 360 g/mol. The van der Waals surface area contributed by atoms with Crippen molar-refractivity contribution in [3.63, 3.8) is 0 Å². The summed E-state index contributed by atoms with van der Waals surface area (Å²) in [5.74, 6) is -0.344. The van der Waals surface area contributed by atoms with Gasteiger partial charge in [-0.05, 0) is 44.0 Å². The highest BCUT2D eigenvalue weighted by Gasteiger charge is 2.29. The SMILES string of the molecule is Cc1cccc(N(C(C)C(=O)NC(C)c2ccccc2)S(C)(=O)=O)c1. The van der Waals surface area contributed by atoms with Crippen molar-refractivity contribution in [3.05, 3.63) is 65.7 Å². The fraction of sp³-hybridized carbons (Fsp3) is 0.316. The molecule has 2 aromatic carbocycles. The maximum Gasteiger partial charge on any atom is 0.244 e. The Bertz CT molecular complexity index is 835. The van der Waals surface area contributed by atoms with Crippen molar-refractivity contribution < 1.29 is 13.2 Å². The Morgan fingerprint density at radius 3 is 2.24 bits per heavy atom. The number of nitrogens with zero attached hydrogens (tertiary/aromatic N) is 1. The Morgan fingerprint density at radius 1 is 1.04 bits per heavy atom. The van der Waals surface area contributed by atoms with Crippen molar-refractivity contribution in [2.45, 2.75) is 32.9 Å². The van der Waals surface area contributed by atoms with E-state index in [1.54, 1.807) is 25.1 Å². The Labute approximate surface area is 149 Å². The van der Waals surface area contributed by atoms with Crippen LogP contribution >= 0.6 is 0 Å². The smallest absolute Gasteiger partial charge is 0.244 e. The molecule has 25 heavy (non-hydrogen) atoms. The molecule has 2 aromatic rings. The number of carbonyl (C=O) groups excluding carboxylic acids is 1. The number of amides is 1. The van der Waals surface area contributed by atoms with Crippen LogP contribution in [0, 0.1) is 6.92 Å². The predicted octanol–water partition coefficient (Wildman–Crippen LogP) is 3.03. The van der Waals surface area contributed by atoms with Crippen LogP contribution in [0.25, 0.3) is 0 Å². The normalized spacial score (nSPS) is 13.8. The predicted molar refractivity (Wildman–Crippen MR) is 101 cm³/mol. The second-order valence-corrected chi connectivity index (χ2v) is 8.07. The van der Waals surface area contributed by atoms with Crippen molar-refractivity contribution in [2.75, 3.05) is 10.6 Å². The van der Waals surface area contributed by atoms with Crippen molar-refractivity contribution in [3.8, 4) is 0 Å². The van der Waals surface area contributed by atoms with Crippen LogP contribution in [0.2, 0.25) is 0 Å². The molecule has 0 aliphatic rings. The van der Waals surface area contributed by atoms with E-state index in [1.807, 2.05) is 50.2 Å². The molecule has 0 aromatic heterocycles. The molecular weight excluding hydrogens is 336 g/mol. The Hall–Kier alpha value is -2.34. The summed E-state index contributed by atoms with van der Waals surface area (Å²) >= 11 is 0. The molecular formula is C19H24N2O3S. The number of hydrogen-bond acceptors (Lipinski definition) is 3. The molecule has 6 heteroatoms. The number of nitrogens with one attached hydrogen (secondary N) is 1. The van der Waals surface area contributed by atoms with E-state index < -0.39 is 16.1 Å². The van der Waals surface area contributed by atoms with E-state index in [-0.39, 0.29) is 11.9 Å². The molecule has 1 N–H and O–H groups in total. The van der Waals surface area contributed by atoms with Gasteiger partial charge >= 0.3 is 0 Å². The van der Waals surface area contributed by atoms with Gasteiger partial charge in [0.05, 0.1) is 18.0 Å². The minimum Gasteiger partial charge on any atom is -0.348 e. The van der Waals surface area contributed by atoms with Crippen LogP contribution in [0.15, 0.2) is 54.6 Å². The molecule has 1 amide bonds. The minimum atomic E-state index is -3.61. The molecule has 0 aliphatic carbocycles. The third kappa shape index (κ3) is 4.82. The lowest BCUT2D eigenvalue weighted by molar-refractivity contribution is -0.122. The molecule has 5 nitrogen and oxygen atoms in total. The summed E-state index contributed by atoms with van der Waals surface area (Å²) in [6, 6.07) is 15.6. The van der Waals surface area contributed by atoms with Gasteiger partial charge in [-0.1, -0.05) is 42.5 Å². The first-order chi connectivity index (χ1) is 11.7. The van der Waals surface area contributed by atoms with E-state index in [9.17, 15) is 13.2 Å². The van der Waals surface area contributed by atoms with E-state index in [2.05, 4.69) is 5.32 Å². The summed E-state index contributed by atoms with van der Waals surface area (Å²) in [6.07, 6.45) is 1.11. The van der Waals surface area contributed by atoms with Gasteiger partial charge in [0, 0.05) is 0 Å². The number of rotatable bonds is 6. The summed E-state index contributed by atoms with van der Waals surface area (Å²) in [4.78, 5) is 12.7. The lowest BCUT2D eigenvalue weighted by Crippen LogP contribution is -2.48. The first-order valence-electron chi connectivity index (χ1n) is 8.11. The summed E-state index contributed by atoms with van der Waals surface area (Å²) in [6.45, 7) is 5.35. The van der Waals surface area contributed by atoms with Crippen LogP contribution in [0.3, 0.4) is 0 Å². The molecule has 0 bridgehead atoms. The lowest BCUT2D eigenvalue weighted by Gasteiger charge is -2.29. The van der Waals surface area contributed by atoms with Crippen LogP contribution < -0.4 is 9.62 Å². The molecule has 2 unspecified atom stereocenters. The molecule has 0 heterocycles. The van der Waals surface area contributed by atoms with E-state index in [1.165, 1.54) is 0 Å². The zero-order valence-electron chi connectivity index (χ0n) is 14.9. The first-order valence-corrected chi connectivity index (χ1v) is 9.96. The molecule has 0 saturated heterocycles. The molecule has 0 radical (unpaired) electrons. The van der Waals surface area contributed by atoms with E-state index in [0.29, 0.717) is 5.69 Å². The topological polar surface area (TPSA) is 66.5 Å². The number of sulfonamides is 1. The molecule has 2 atom stereocenters. The Kier molecular flexibility index (Phi) is 5.85. The third-order valence-corrected chi connectivity index (χ3v) is 5.24. The van der Waals surface area contributed by atoms with Gasteiger partial charge in [0.1, 0.15) is 6.04 Å². The van der Waals surface area contributed by atoms with E-state index in [4.69, 9.17) is 0 Å². The molecule has 0 aliphatic heterocycles. The van der Waals surface area contributed by atoms with E-state index >= 15 is 0 Å². The quantitative estimate of drug-likeness (QED) is 0.861. The van der Waals surface area contributed by atoms with Crippen molar-refractivity contribution in [2.24, 2.45) is 0 Å². The lowest BCUT2D eigenvalue weighted by atomic mass is 10.1. The molecule has 2 rings (SSSR count). The maximum atomic E-state index is 12.7. The highest BCUT2D eigenvalue weighted by Crippen LogP contribution is 2.22. The largest absolute Gasteiger partial charge is 0.348 e. The van der Waals surface area contributed by atoms with Crippen LogP contribution in [0.4, 0.5) is 5.69 Å². The van der Waals surface area contributed by atoms with Gasteiger partial charge in [0.15, 0.2) is 0 Å². The van der Waals surface area contributed by atoms with Crippen molar-refractivity contribution in [1.82, 2.24) is 5.32 Å². The van der Waals surface area contributed by atoms with Crippen molar-refractivity contribution >= 4 is 21.6 Å². The molecule has 0 fully saturated rings. The zero-order chi connectivity index (χ0) is 18.6. The molecule has 0 saturated carbocycles. The van der Waals surface area contributed by atoms with Crippen LogP contribution in [-0.4, -0.2) is 26.6 Å². The van der Waals surface area contributed by atoms with Gasteiger partial charge in [0.2, 0.25) is 15.9 Å². The maximum absolute atomic E-state index is 12.7. The van der Waals surface area contributed by atoms with Gasteiger partial charge in [-0.3, -0.25) is 9.10 Å². The summed E-state index contributed by atoms with van der Waals surface area (Å²) in [5, 5.41) is 2.89. The summed E-state index contributed by atoms with van der Waals surface area (Å²) in [7, 11) is -3.61. The average Bonchev–Trinajstić information content (AvgIpc) is 2.54. The van der Waals surface area contributed by atoms with Crippen LogP contribution in [0.5, 0.6) is 0 Å². The average molecular weight is 360 g/mol. The van der Waals surface area contributed by atoms with Gasteiger partial charge in [-0.25, -0.2) is 8.42 Å². The molecule has 0 spiro atoms. The van der Waals surface area contributed by atoms with Gasteiger partial charge in [-0.15, -0.1) is 0 Å². The van der Waals surface area contributed by atoms with Crippen LogP contribution in [0.1, 0.15) is 31.0 Å². The highest BCUT2D eigenvalue weighted by molar-refractivity contribution is 7.92. The molecule has 134 valence electrons. The second-order valence-electron chi connectivity index (χ2n) is 6.21. The highest BCUT2D eigenvalue weighted by atomic mass is 32.2. The number of carbonyl (C=O) groups is 1. The van der Waals surface area contributed by atoms with Crippen molar-refractivity contribution in [1.29, 1.82) is 0 Å². The summed E-state index contributed by atoms with van der Waals surface area (Å²) in [5.41, 5.74) is 2.37. The fourth-order valence-corrected chi connectivity index (χ4v) is 3.90. The minimum absolute atomic E-state index is 0.213. The number of aryl methyl sites for hydroxylation is 1. The number of benzene rings is 2. The van der Waals surface area contributed by atoms with Gasteiger partial charge in [-0.2, -0.15) is 0 Å². The Morgan fingerprint density at radius 2 is 1.68 bits per heavy atom. The number of hydrogen-bond donors (Lipinski definition) is 1. The van der Waals surface area contributed by atoms with Crippen LogP contribution in [-0.2, 0) is 14.8 Å².